The molecular weight excluding hydrogens is 212 g/mol. The van der Waals surface area contributed by atoms with Crippen LogP contribution >= 0.6 is 0 Å². The van der Waals surface area contributed by atoms with Crippen LogP contribution in [0.5, 0.6) is 0 Å². The Bertz CT molecular complexity index is 225. The number of β-amino-alcohol motifs (C(OH)–C–C–N with tert-alkyl or cyclic N) is 1. The van der Waals surface area contributed by atoms with Gasteiger partial charge in [-0.2, -0.15) is 0 Å². The molecule has 0 aromatic heterocycles. The first-order valence-electron chi connectivity index (χ1n) is 5.38. The first-order valence-corrected chi connectivity index (χ1v) is 5.38. The van der Waals surface area contributed by atoms with Crippen LogP contribution in [0.4, 0.5) is 0 Å². The molecule has 2 atom stereocenters. The number of nitrogens with zero attached hydrogens (tertiary/aromatic N) is 1. The molecule has 0 aromatic rings. The van der Waals surface area contributed by atoms with E-state index in [1.54, 1.807) is 14.2 Å². The van der Waals surface area contributed by atoms with Gasteiger partial charge in [-0.1, -0.05) is 0 Å². The van der Waals surface area contributed by atoms with Crippen LogP contribution in [0.3, 0.4) is 0 Å². The summed E-state index contributed by atoms with van der Waals surface area (Å²) in [5.74, 6) is -0.121. The summed E-state index contributed by atoms with van der Waals surface area (Å²) in [7, 11) is 3.26. The van der Waals surface area contributed by atoms with E-state index in [9.17, 15) is 9.90 Å². The summed E-state index contributed by atoms with van der Waals surface area (Å²) in [6.07, 6.45) is -0.493. The Morgan fingerprint density at radius 3 is 2.81 bits per heavy atom. The van der Waals surface area contributed by atoms with Crippen molar-refractivity contribution in [3.05, 3.63) is 0 Å². The Morgan fingerprint density at radius 1 is 1.50 bits per heavy atom. The highest BCUT2D eigenvalue weighted by Gasteiger charge is 2.30. The highest BCUT2D eigenvalue weighted by molar-refractivity contribution is 5.77. The van der Waals surface area contributed by atoms with E-state index in [2.05, 4.69) is 5.32 Å². The molecule has 0 aromatic carbocycles. The van der Waals surface area contributed by atoms with Crippen LogP contribution in [0, 0.1) is 0 Å². The average molecular weight is 232 g/mol. The Labute approximate surface area is 95.5 Å². The van der Waals surface area contributed by atoms with Crippen molar-refractivity contribution in [2.24, 2.45) is 0 Å². The third-order valence-electron chi connectivity index (χ3n) is 2.70. The first-order chi connectivity index (χ1) is 7.66. The smallest absolute Gasteiger partial charge is 0.248 e. The van der Waals surface area contributed by atoms with Gasteiger partial charge in [0.25, 0.3) is 0 Å². The number of rotatable bonds is 6. The second-order valence-corrected chi connectivity index (χ2v) is 3.84. The molecule has 0 radical (unpaired) electrons. The molecule has 0 saturated carbocycles. The van der Waals surface area contributed by atoms with Crippen molar-refractivity contribution in [2.45, 2.75) is 12.1 Å². The SMILES string of the molecule is COCCOCC(=O)N(C)[C@H]1CNC[C@@H]1O. The van der Waals surface area contributed by atoms with Gasteiger partial charge in [-0.3, -0.25) is 4.79 Å². The summed E-state index contributed by atoms with van der Waals surface area (Å²) < 4.78 is 9.93. The lowest BCUT2D eigenvalue weighted by atomic mass is 10.2. The van der Waals surface area contributed by atoms with Gasteiger partial charge >= 0.3 is 0 Å². The van der Waals surface area contributed by atoms with Gasteiger partial charge in [0.2, 0.25) is 5.91 Å². The van der Waals surface area contributed by atoms with Gasteiger partial charge in [0, 0.05) is 27.2 Å². The molecule has 1 amide bonds. The summed E-state index contributed by atoms with van der Waals surface area (Å²) in [5, 5.41) is 12.6. The van der Waals surface area contributed by atoms with E-state index in [-0.39, 0.29) is 18.6 Å². The standard InChI is InChI=1S/C10H20N2O4/c1-12(8-5-11-6-9(8)13)10(14)7-16-4-3-15-2/h8-9,11,13H,3-7H2,1-2H3/t8-,9-/m0/s1. The van der Waals surface area contributed by atoms with Crippen molar-refractivity contribution in [3.63, 3.8) is 0 Å². The molecule has 0 spiro atoms. The number of carbonyl (C=O) groups excluding carboxylic acids is 1. The fraction of sp³-hybridized carbons (Fsp3) is 0.900. The lowest BCUT2D eigenvalue weighted by Crippen LogP contribution is -2.45. The predicted molar refractivity (Wildman–Crippen MR) is 58.1 cm³/mol. The molecule has 1 heterocycles. The van der Waals surface area contributed by atoms with Crippen molar-refractivity contribution in [1.82, 2.24) is 10.2 Å². The lowest BCUT2D eigenvalue weighted by Gasteiger charge is -2.26. The molecule has 2 N–H and O–H groups in total. The summed E-state index contributed by atoms with van der Waals surface area (Å²) in [6, 6.07) is -0.154. The Kier molecular flexibility index (Phi) is 5.68. The number of aliphatic hydroxyl groups excluding tert-OH is 1. The summed E-state index contributed by atoms with van der Waals surface area (Å²) in [4.78, 5) is 13.2. The maximum atomic E-state index is 11.7. The molecular formula is C10H20N2O4. The van der Waals surface area contributed by atoms with Crippen LogP contribution in [0.2, 0.25) is 0 Å². The highest BCUT2D eigenvalue weighted by atomic mass is 16.5. The van der Waals surface area contributed by atoms with Crippen LogP contribution in [-0.2, 0) is 14.3 Å². The van der Waals surface area contributed by atoms with E-state index in [4.69, 9.17) is 9.47 Å². The molecule has 16 heavy (non-hydrogen) atoms. The van der Waals surface area contributed by atoms with Crippen LogP contribution in [0.15, 0.2) is 0 Å². The van der Waals surface area contributed by atoms with Gasteiger partial charge < -0.3 is 24.8 Å². The van der Waals surface area contributed by atoms with E-state index in [1.807, 2.05) is 0 Å². The molecule has 1 aliphatic rings. The maximum absolute atomic E-state index is 11.7. The minimum absolute atomic E-state index is 0.0308. The van der Waals surface area contributed by atoms with E-state index < -0.39 is 6.10 Å². The number of carbonyl (C=O) groups is 1. The zero-order valence-corrected chi connectivity index (χ0v) is 9.81. The van der Waals surface area contributed by atoms with Crippen LogP contribution in [0.25, 0.3) is 0 Å². The molecule has 0 unspecified atom stereocenters. The highest BCUT2D eigenvalue weighted by Crippen LogP contribution is 2.07. The van der Waals surface area contributed by atoms with E-state index >= 15 is 0 Å². The van der Waals surface area contributed by atoms with Crippen LogP contribution < -0.4 is 5.32 Å². The summed E-state index contributed by atoms with van der Waals surface area (Å²) in [6.45, 7) is 2.07. The fourth-order valence-corrected chi connectivity index (χ4v) is 1.63. The molecule has 0 bridgehead atoms. The molecule has 1 rings (SSSR count). The summed E-state index contributed by atoms with van der Waals surface area (Å²) in [5.41, 5.74) is 0. The number of amides is 1. The Balaban J connectivity index is 2.24. The molecule has 6 nitrogen and oxygen atoms in total. The molecule has 1 aliphatic heterocycles. The predicted octanol–water partition coefficient (Wildman–Crippen LogP) is -1.56. The maximum Gasteiger partial charge on any atom is 0.248 e. The average Bonchev–Trinajstić information content (AvgIpc) is 2.69. The van der Waals surface area contributed by atoms with Crippen LogP contribution in [0.1, 0.15) is 0 Å². The van der Waals surface area contributed by atoms with Crippen molar-refractivity contribution >= 4 is 5.91 Å². The molecule has 94 valence electrons. The number of nitrogens with one attached hydrogen (secondary N) is 1. The van der Waals surface area contributed by atoms with Gasteiger partial charge in [0.1, 0.15) is 6.61 Å². The summed E-state index contributed by atoms with van der Waals surface area (Å²) >= 11 is 0. The number of hydrogen-bond donors (Lipinski definition) is 2. The van der Waals surface area contributed by atoms with Crippen molar-refractivity contribution < 1.29 is 19.4 Å². The van der Waals surface area contributed by atoms with Gasteiger partial charge in [0.15, 0.2) is 0 Å². The molecule has 0 aliphatic carbocycles. The van der Waals surface area contributed by atoms with Gasteiger partial charge in [-0.05, 0) is 0 Å². The van der Waals surface area contributed by atoms with E-state index in [0.29, 0.717) is 26.3 Å². The largest absolute Gasteiger partial charge is 0.390 e. The third kappa shape index (κ3) is 3.71. The van der Waals surface area contributed by atoms with Gasteiger partial charge in [0.05, 0.1) is 25.4 Å². The minimum atomic E-state index is -0.493. The normalized spacial score (nSPS) is 24.7. The minimum Gasteiger partial charge on any atom is -0.390 e. The Hall–Kier alpha value is -0.690. The monoisotopic (exact) mass is 232 g/mol. The number of ether oxygens (including phenoxy) is 2. The topological polar surface area (TPSA) is 71.0 Å². The van der Waals surface area contributed by atoms with E-state index in [0.717, 1.165) is 0 Å². The lowest BCUT2D eigenvalue weighted by molar-refractivity contribution is -0.138. The third-order valence-corrected chi connectivity index (χ3v) is 2.70. The second-order valence-electron chi connectivity index (χ2n) is 3.84. The Morgan fingerprint density at radius 2 is 2.25 bits per heavy atom. The number of aliphatic hydroxyl groups is 1. The number of likely N-dealkylation sites (N-methyl/N-ethyl adjacent to an activating group) is 1. The van der Waals surface area contributed by atoms with Gasteiger partial charge in [-0.15, -0.1) is 0 Å². The van der Waals surface area contributed by atoms with Crippen molar-refractivity contribution in [3.8, 4) is 0 Å². The molecule has 1 saturated heterocycles. The van der Waals surface area contributed by atoms with Crippen molar-refractivity contribution in [1.29, 1.82) is 0 Å². The zero-order chi connectivity index (χ0) is 12.0. The number of methoxy groups -OCH3 is 1. The quantitative estimate of drug-likeness (QED) is 0.542. The van der Waals surface area contributed by atoms with E-state index in [1.165, 1.54) is 4.90 Å². The zero-order valence-electron chi connectivity index (χ0n) is 9.81. The van der Waals surface area contributed by atoms with Crippen molar-refractivity contribution in [2.75, 3.05) is 47.1 Å². The second kappa shape index (κ2) is 6.80. The van der Waals surface area contributed by atoms with Gasteiger partial charge in [-0.25, -0.2) is 0 Å². The number of hydrogen-bond acceptors (Lipinski definition) is 5. The fourth-order valence-electron chi connectivity index (χ4n) is 1.63. The molecule has 1 fully saturated rings. The molecule has 6 heteroatoms. The first kappa shape index (κ1) is 13.4. The van der Waals surface area contributed by atoms with Crippen LogP contribution in [-0.4, -0.2) is 75.1 Å².